The summed E-state index contributed by atoms with van der Waals surface area (Å²) in [7, 11) is 0. The number of carboxylic acid groups (broad SMARTS) is 1. The van der Waals surface area contributed by atoms with Crippen molar-refractivity contribution < 1.29 is 14.7 Å². The zero-order valence-electron chi connectivity index (χ0n) is 13.6. The van der Waals surface area contributed by atoms with E-state index >= 15 is 0 Å². The number of halogens is 1. The molecule has 0 aromatic heterocycles. The third-order valence-electron chi connectivity index (χ3n) is 5.23. The highest BCUT2D eigenvalue weighted by molar-refractivity contribution is 6.20. The summed E-state index contributed by atoms with van der Waals surface area (Å²) in [6.45, 7) is 2.85. The molecule has 24 heavy (non-hydrogen) atoms. The molecule has 0 radical (unpaired) electrons. The van der Waals surface area contributed by atoms with Gasteiger partial charge in [0.2, 0.25) is 5.91 Å². The molecule has 0 spiro atoms. The Morgan fingerprint density at radius 2 is 2.00 bits per heavy atom. The van der Waals surface area contributed by atoms with Crippen LogP contribution in [-0.2, 0) is 9.59 Å². The molecular formula is C15H26ClN5O3. The number of amides is 1. The normalized spacial score (nSPS) is 38.0. The van der Waals surface area contributed by atoms with Gasteiger partial charge in [-0.1, -0.05) is 0 Å². The summed E-state index contributed by atoms with van der Waals surface area (Å²) in [6, 6.07) is -0.674. The number of carboxylic acids is 1. The van der Waals surface area contributed by atoms with E-state index in [2.05, 4.69) is 26.4 Å². The number of nitrogens with one attached hydrogen (secondary N) is 4. The van der Waals surface area contributed by atoms with Gasteiger partial charge in [0.25, 0.3) is 0 Å². The molecule has 1 aliphatic carbocycles. The van der Waals surface area contributed by atoms with Crippen molar-refractivity contribution in [1.82, 2.24) is 26.4 Å². The second kappa shape index (κ2) is 7.97. The Labute approximate surface area is 146 Å². The van der Waals surface area contributed by atoms with E-state index in [1.807, 2.05) is 0 Å². The Morgan fingerprint density at radius 1 is 1.17 bits per heavy atom. The predicted molar refractivity (Wildman–Crippen MR) is 89.2 cm³/mol. The average Bonchev–Trinajstić information content (AvgIpc) is 3.11. The van der Waals surface area contributed by atoms with Crippen LogP contribution in [-0.4, -0.2) is 65.3 Å². The number of carbonyl (C=O) groups excluding carboxylic acids is 1. The van der Waals surface area contributed by atoms with Gasteiger partial charge in [-0.15, -0.1) is 11.6 Å². The first kappa shape index (κ1) is 17.9. The minimum atomic E-state index is -0.887. The van der Waals surface area contributed by atoms with E-state index in [9.17, 15) is 14.7 Å². The first-order valence-electron chi connectivity index (χ1n) is 8.67. The maximum atomic E-state index is 12.5. The van der Waals surface area contributed by atoms with Crippen molar-refractivity contribution in [2.75, 3.05) is 19.8 Å². The van der Waals surface area contributed by atoms with Crippen molar-refractivity contribution in [3.63, 3.8) is 0 Å². The quantitative estimate of drug-likeness (QED) is 0.427. The second-order valence-corrected chi connectivity index (χ2v) is 7.49. The highest BCUT2D eigenvalue weighted by Gasteiger charge is 2.37. The number of carbonyl (C=O) groups is 2. The van der Waals surface area contributed by atoms with E-state index in [0.717, 1.165) is 39.0 Å². The smallest absolute Gasteiger partial charge is 0.308 e. The van der Waals surface area contributed by atoms with Gasteiger partial charge < -0.3 is 15.7 Å². The van der Waals surface area contributed by atoms with Gasteiger partial charge in [-0.2, -0.15) is 0 Å². The van der Waals surface area contributed by atoms with Crippen molar-refractivity contribution in [1.29, 1.82) is 0 Å². The summed E-state index contributed by atoms with van der Waals surface area (Å²) in [5.41, 5.74) is 6.29. The highest BCUT2D eigenvalue weighted by atomic mass is 35.5. The van der Waals surface area contributed by atoms with Crippen LogP contribution in [0.2, 0.25) is 0 Å². The Morgan fingerprint density at radius 3 is 2.62 bits per heavy atom. The Hall–Kier alpha value is -0.930. The van der Waals surface area contributed by atoms with E-state index in [-0.39, 0.29) is 29.5 Å². The van der Waals surface area contributed by atoms with Crippen LogP contribution in [0, 0.1) is 5.92 Å². The molecule has 2 heterocycles. The van der Waals surface area contributed by atoms with Crippen molar-refractivity contribution in [2.24, 2.45) is 5.92 Å². The van der Waals surface area contributed by atoms with Crippen molar-refractivity contribution in [3.8, 4) is 0 Å². The van der Waals surface area contributed by atoms with E-state index < -0.39 is 11.9 Å². The van der Waals surface area contributed by atoms with Gasteiger partial charge in [-0.25, -0.2) is 10.9 Å². The van der Waals surface area contributed by atoms with Gasteiger partial charge in [-0.05, 0) is 32.1 Å². The summed E-state index contributed by atoms with van der Waals surface area (Å²) < 4.78 is 0. The summed E-state index contributed by atoms with van der Waals surface area (Å²) in [5.74, 6) is -1.63. The van der Waals surface area contributed by atoms with Gasteiger partial charge >= 0.3 is 5.97 Å². The van der Waals surface area contributed by atoms with Crippen LogP contribution >= 0.6 is 11.6 Å². The van der Waals surface area contributed by atoms with Crippen LogP contribution in [0.5, 0.6) is 0 Å². The molecular weight excluding hydrogens is 334 g/mol. The molecule has 9 heteroatoms. The van der Waals surface area contributed by atoms with E-state index in [0.29, 0.717) is 12.8 Å². The minimum Gasteiger partial charge on any atom is -0.481 e. The molecule has 2 aliphatic heterocycles. The summed E-state index contributed by atoms with van der Waals surface area (Å²) in [6.07, 6.45) is 3.58. The molecule has 0 aromatic carbocycles. The monoisotopic (exact) mass is 359 g/mol. The van der Waals surface area contributed by atoms with Crippen LogP contribution < -0.4 is 21.5 Å². The first-order chi connectivity index (χ1) is 11.5. The van der Waals surface area contributed by atoms with Crippen LogP contribution in [0.15, 0.2) is 0 Å². The predicted octanol–water partition coefficient (Wildman–Crippen LogP) is -0.591. The van der Waals surface area contributed by atoms with Gasteiger partial charge in [0.05, 0.1) is 12.1 Å². The zero-order valence-corrected chi connectivity index (χ0v) is 14.4. The minimum absolute atomic E-state index is 0.122. The van der Waals surface area contributed by atoms with Crippen molar-refractivity contribution in [3.05, 3.63) is 0 Å². The first-order valence-corrected chi connectivity index (χ1v) is 9.11. The SMILES string of the molecule is O=C(NC1CCC(Cl)CC1C(=O)O)C1CCC(N2CCNC2)NN1. The highest BCUT2D eigenvalue weighted by Crippen LogP contribution is 2.28. The third-order valence-corrected chi connectivity index (χ3v) is 5.63. The largest absolute Gasteiger partial charge is 0.481 e. The van der Waals surface area contributed by atoms with Crippen LogP contribution in [0.1, 0.15) is 32.1 Å². The van der Waals surface area contributed by atoms with Gasteiger partial charge in [0, 0.05) is 31.2 Å². The zero-order chi connectivity index (χ0) is 17.1. The standard InChI is InChI=1S/C15H26ClN5O3/c16-9-1-2-11(10(7-9)15(23)24)18-14(22)12-3-4-13(20-19-12)21-6-5-17-8-21/h9-13,17,19-20H,1-8H2,(H,18,22)(H,23,24). The van der Waals surface area contributed by atoms with Gasteiger partial charge in [0.1, 0.15) is 6.04 Å². The van der Waals surface area contributed by atoms with Crippen molar-refractivity contribution in [2.45, 2.75) is 55.7 Å². The van der Waals surface area contributed by atoms with Crippen LogP contribution in [0.4, 0.5) is 0 Å². The number of aliphatic carboxylic acids is 1. The number of hydrogen-bond acceptors (Lipinski definition) is 6. The molecule has 5 N–H and O–H groups in total. The maximum Gasteiger partial charge on any atom is 0.308 e. The molecule has 1 saturated carbocycles. The number of alkyl halides is 1. The fourth-order valence-electron chi connectivity index (χ4n) is 3.77. The lowest BCUT2D eigenvalue weighted by atomic mass is 9.84. The molecule has 3 aliphatic rings. The molecule has 3 fully saturated rings. The fourth-order valence-corrected chi connectivity index (χ4v) is 4.09. The summed E-state index contributed by atoms with van der Waals surface area (Å²) in [4.78, 5) is 26.2. The molecule has 8 nitrogen and oxygen atoms in total. The van der Waals surface area contributed by atoms with Gasteiger partial charge in [0.15, 0.2) is 0 Å². The van der Waals surface area contributed by atoms with E-state index in [1.165, 1.54) is 0 Å². The van der Waals surface area contributed by atoms with Crippen LogP contribution in [0.25, 0.3) is 0 Å². The molecule has 3 rings (SSSR count). The second-order valence-electron chi connectivity index (χ2n) is 6.88. The van der Waals surface area contributed by atoms with E-state index in [4.69, 9.17) is 11.6 Å². The van der Waals surface area contributed by atoms with Crippen LogP contribution in [0.3, 0.4) is 0 Å². The maximum absolute atomic E-state index is 12.5. The lowest BCUT2D eigenvalue weighted by Crippen LogP contribution is -2.62. The Bertz CT molecular complexity index is 466. The molecule has 5 unspecified atom stereocenters. The molecule has 0 aromatic rings. The lowest BCUT2D eigenvalue weighted by molar-refractivity contribution is -0.144. The van der Waals surface area contributed by atoms with E-state index in [1.54, 1.807) is 0 Å². The number of rotatable bonds is 4. The molecule has 1 amide bonds. The topological polar surface area (TPSA) is 106 Å². The number of hydrazine groups is 1. The molecule has 2 saturated heterocycles. The third kappa shape index (κ3) is 4.18. The van der Waals surface area contributed by atoms with Gasteiger partial charge in [-0.3, -0.25) is 14.5 Å². The Balaban J connectivity index is 1.49. The number of nitrogens with zero attached hydrogens (tertiary/aromatic N) is 1. The number of hydrogen-bond donors (Lipinski definition) is 5. The molecule has 136 valence electrons. The fraction of sp³-hybridized carbons (Fsp3) is 0.867. The van der Waals surface area contributed by atoms with Crippen molar-refractivity contribution >= 4 is 23.5 Å². The summed E-state index contributed by atoms with van der Waals surface area (Å²) >= 11 is 6.08. The molecule has 0 bridgehead atoms. The molecule has 5 atom stereocenters. The lowest BCUT2D eigenvalue weighted by Gasteiger charge is -2.37. The Kier molecular flexibility index (Phi) is 5.93. The summed E-state index contributed by atoms with van der Waals surface area (Å²) in [5, 5.41) is 15.4. The average molecular weight is 360 g/mol.